The number of nitrogens with zero attached hydrogens (tertiary/aromatic N) is 3. The van der Waals surface area contributed by atoms with E-state index in [1.165, 1.54) is 12.1 Å². The van der Waals surface area contributed by atoms with Gasteiger partial charge in [0.15, 0.2) is 11.5 Å². The van der Waals surface area contributed by atoms with Crippen LogP contribution in [0, 0.1) is 18.2 Å². The maximum absolute atomic E-state index is 13.1. The molecule has 0 spiro atoms. The number of aliphatic hydroxyl groups is 1. The number of pyridine rings is 2. The van der Waals surface area contributed by atoms with Crippen molar-refractivity contribution in [1.29, 1.82) is 0 Å². The Hall–Kier alpha value is -3.72. The number of hydrogen-bond donors (Lipinski definition) is 2. The molecule has 3 heterocycles. The molecule has 0 bridgehead atoms. The molecule has 0 saturated carbocycles. The van der Waals surface area contributed by atoms with Gasteiger partial charge in [0, 0.05) is 48.6 Å². The molecule has 1 aliphatic heterocycles. The molecule has 8 nitrogen and oxygen atoms in total. The Morgan fingerprint density at radius 2 is 1.69 bits per heavy atom. The smallest absolute Gasteiger partial charge is 0.307 e. The number of benzene rings is 1. The molecular formula is C33H44FN3O5. The van der Waals surface area contributed by atoms with Crippen LogP contribution >= 0.6 is 0 Å². The van der Waals surface area contributed by atoms with Gasteiger partial charge in [0.1, 0.15) is 5.82 Å². The Labute approximate surface area is 248 Å². The molecule has 0 unspecified atom stereocenters. The lowest BCUT2D eigenvalue weighted by atomic mass is 9.82. The number of carboxylic acid groups (broad SMARTS) is 1. The van der Waals surface area contributed by atoms with Crippen molar-refractivity contribution in [3.05, 3.63) is 65.4 Å². The number of methoxy groups -OCH3 is 1. The summed E-state index contributed by atoms with van der Waals surface area (Å²) in [6, 6.07) is 8.14. The zero-order chi connectivity index (χ0) is 31.1. The largest absolute Gasteiger partial charge is 0.493 e. The molecule has 0 radical (unpaired) electrons. The van der Waals surface area contributed by atoms with Crippen molar-refractivity contribution in [2.24, 2.45) is 5.41 Å². The highest BCUT2D eigenvalue weighted by Crippen LogP contribution is 2.41. The molecule has 1 saturated heterocycles. The summed E-state index contributed by atoms with van der Waals surface area (Å²) < 4.78 is 24.7. The van der Waals surface area contributed by atoms with E-state index in [1.54, 1.807) is 52.4 Å². The second-order valence-corrected chi connectivity index (χ2v) is 12.4. The van der Waals surface area contributed by atoms with Crippen LogP contribution < -0.4 is 14.4 Å². The number of ether oxygens (including phenoxy) is 2. The molecule has 1 aromatic carbocycles. The van der Waals surface area contributed by atoms with Crippen LogP contribution in [0.15, 0.2) is 42.7 Å². The molecule has 9 heteroatoms. The number of hydrogen-bond acceptors (Lipinski definition) is 7. The van der Waals surface area contributed by atoms with Crippen LogP contribution in [0.1, 0.15) is 64.3 Å². The number of aromatic nitrogens is 2. The fourth-order valence-electron chi connectivity index (χ4n) is 4.65. The minimum absolute atomic E-state index is 0.108. The van der Waals surface area contributed by atoms with Crippen molar-refractivity contribution < 1.29 is 28.9 Å². The molecule has 1 aliphatic rings. The second kappa shape index (κ2) is 14.0. The standard InChI is InChI=1S/C29H34FN3O4.C4H10O/c1-19-22(15-27(34)35)28(33-12-10-29(2,3)11-13-33)23(17-31-19)24-16-25(36-4)26(18-32-24)37-14-9-20-5-7-21(30)8-6-20;1-4(2,3)5/h5-8,16-18H,9-15H2,1-4H3,(H,34,35);5H,1-3H3. The summed E-state index contributed by atoms with van der Waals surface area (Å²) >= 11 is 0. The Morgan fingerprint density at radius 3 is 2.26 bits per heavy atom. The Balaban J connectivity index is 0.000000892. The molecular weight excluding hydrogens is 537 g/mol. The average Bonchev–Trinajstić information content (AvgIpc) is 2.90. The molecule has 0 atom stereocenters. The topological polar surface area (TPSA) is 105 Å². The first-order valence-corrected chi connectivity index (χ1v) is 14.3. The molecule has 0 aliphatic carbocycles. The van der Waals surface area contributed by atoms with E-state index in [2.05, 4.69) is 28.7 Å². The van der Waals surface area contributed by atoms with Crippen molar-refractivity contribution in [2.75, 3.05) is 31.7 Å². The number of aryl methyl sites for hydroxylation is 1. The van der Waals surface area contributed by atoms with Gasteiger partial charge in [0.05, 0.1) is 43.3 Å². The lowest BCUT2D eigenvalue weighted by Gasteiger charge is -2.40. The van der Waals surface area contributed by atoms with Gasteiger partial charge < -0.3 is 24.6 Å². The minimum Gasteiger partial charge on any atom is -0.493 e. The quantitative estimate of drug-likeness (QED) is 0.306. The summed E-state index contributed by atoms with van der Waals surface area (Å²) in [5.41, 5.74) is 4.43. The number of rotatable bonds is 9. The molecule has 4 rings (SSSR count). The van der Waals surface area contributed by atoms with Crippen molar-refractivity contribution in [3.63, 3.8) is 0 Å². The predicted molar refractivity (Wildman–Crippen MR) is 163 cm³/mol. The summed E-state index contributed by atoms with van der Waals surface area (Å²) in [4.78, 5) is 23.2. The van der Waals surface area contributed by atoms with E-state index in [1.807, 2.05) is 13.0 Å². The van der Waals surface area contributed by atoms with Crippen molar-refractivity contribution in [1.82, 2.24) is 9.97 Å². The number of aliphatic carboxylic acids is 1. The van der Waals surface area contributed by atoms with Gasteiger partial charge in [-0.3, -0.25) is 14.8 Å². The molecule has 2 N–H and O–H groups in total. The van der Waals surface area contributed by atoms with Gasteiger partial charge in [-0.15, -0.1) is 0 Å². The number of carbonyl (C=O) groups is 1. The Morgan fingerprint density at radius 1 is 1.07 bits per heavy atom. The van der Waals surface area contributed by atoms with E-state index in [0.717, 1.165) is 42.7 Å². The summed E-state index contributed by atoms with van der Waals surface area (Å²) in [6.07, 6.45) is 5.92. The van der Waals surface area contributed by atoms with Gasteiger partial charge >= 0.3 is 5.97 Å². The van der Waals surface area contributed by atoms with Crippen molar-refractivity contribution in [3.8, 4) is 22.8 Å². The van der Waals surface area contributed by atoms with Crippen LogP contribution in [0.25, 0.3) is 11.3 Å². The average molecular weight is 582 g/mol. The number of piperidine rings is 1. The number of carboxylic acids is 1. The summed E-state index contributed by atoms with van der Waals surface area (Å²) in [6.45, 7) is 13.7. The molecule has 3 aromatic rings. The lowest BCUT2D eigenvalue weighted by molar-refractivity contribution is -0.136. The Bertz CT molecular complexity index is 1340. The minimum atomic E-state index is -0.893. The van der Waals surface area contributed by atoms with Gasteiger partial charge in [-0.25, -0.2) is 4.39 Å². The van der Waals surface area contributed by atoms with Crippen LogP contribution in [0.5, 0.6) is 11.5 Å². The predicted octanol–water partition coefficient (Wildman–Crippen LogP) is 6.25. The highest BCUT2D eigenvalue weighted by Gasteiger charge is 2.30. The van der Waals surface area contributed by atoms with Gasteiger partial charge in [-0.2, -0.15) is 0 Å². The van der Waals surface area contributed by atoms with E-state index < -0.39 is 11.6 Å². The van der Waals surface area contributed by atoms with Crippen molar-refractivity contribution in [2.45, 2.75) is 72.8 Å². The third-order valence-electron chi connectivity index (χ3n) is 7.02. The lowest BCUT2D eigenvalue weighted by Crippen LogP contribution is -2.38. The van der Waals surface area contributed by atoms with Crippen LogP contribution in [0.4, 0.5) is 10.1 Å². The van der Waals surface area contributed by atoms with Gasteiger partial charge in [0.2, 0.25) is 0 Å². The molecule has 0 amide bonds. The first kappa shape index (κ1) is 32.8. The summed E-state index contributed by atoms with van der Waals surface area (Å²) in [5, 5.41) is 18.2. The van der Waals surface area contributed by atoms with Gasteiger partial charge in [0.25, 0.3) is 0 Å². The van der Waals surface area contributed by atoms with Gasteiger partial charge in [-0.05, 0) is 63.6 Å². The van der Waals surface area contributed by atoms with Crippen LogP contribution in [0.3, 0.4) is 0 Å². The second-order valence-electron chi connectivity index (χ2n) is 12.4. The third kappa shape index (κ3) is 9.69. The molecule has 228 valence electrons. The van der Waals surface area contributed by atoms with E-state index >= 15 is 0 Å². The molecule has 1 fully saturated rings. The monoisotopic (exact) mass is 581 g/mol. The van der Waals surface area contributed by atoms with E-state index in [9.17, 15) is 14.3 Å². The first-order valence-electron chi connectivity index (χ1n) is 14.3. The third-order valence-corrected chi connectivity index (χ3v) is 7.02. The molecule has 2 aromatic heterocycles. The van der Waals surface area contributed by atoms with E-state index in [4.69, 9.17) is 14.6 Å². The van der Waals surface area contributed by atoms with Crippen LogP contribution in [-0.2, 0) is 17.6 Å². The number of halogens is 1. The zero-order valence-electron chi connectivity index (χ0n) is 25.8. The fourth-order valence-corrected chi connectivity index (χ4v) is 4.65. The van der Waals surface area contributed by atoms with Crippen LogP contribution in [-0.4, -0.2) is 58.6 Å². The van der Waals surface area contributed by atoms with Crippen LogP contribution in [0.2, 0.25) is 0 Å². The van der Waals surface area contributed by atoms with Gasteiger partial charge in [-0.1, -0.05) is 26.0 Å². The maximum Gasteiger partial charge on any atom is 0.307 e. The highest BCUT2D eigenvalue weighted by atomic mass is 19.1. The maximum atomic E-state index is 13.1. The van der Waals surface area contributed by atoms with Crippen molar-refractivity contribution >= 4 is 11.7 Å². The fraction of sp³-hybridized carbons (Fsp3) is 0.485. The molecule has 42 heavy (non-hydrogen) atoms. The highest BCUT2D eigenvalue weighted by molar-refractivity contribution is 5.84. The SMILES string of the molecule is CC(C)(C)O.COc1cc(-c2cnc(C)c(CC(=O)O)c2N2CCC(C)(C)CC2)ncc1OCCc1ccc(F)cc1. The van der Waals surface area contributed by atoms with E-state index in [-0.39, 0.29) is 17.7 Å². The Kier molecular flexibility index (Phi) is 10.9. The zero-order valence-corrected chi connectivity index (χ0v) is 25.8. The summed E-state index contributed by atoms with van der Waals surface area (Å²) in [7, 11) is 1.57. The summed E-state index contributed by atoms with van der Waals surface area (Å²) in [5.74, 6) is -0.136. The normalized spacial score (nSPS) is 14.5. The first-order chi connectivity index (χ1) is 19.7. The van der Waals surface area contributed by atoms with E-state index in [0.29, 0.717) is 41.5 Å². The number of anilines is 1.